The second kappa shape index (κ2) is 6.48. The second-order valence-electron chi connectivity index (χ2n) is 3.45. The molecule has 0 saturated heterocycles. The molecule has 0 aliphatic heterocycles. The molecule has 0 atom stereocenters. The van der Waals surface area contributed by atoms with Crippen LogP contribution in [0, 0.1) is 0 Å². The second-order valence-corrected chi connectivity index (χ2v) is 3.45. The van der Waals surface area contributed by atoms with E-state index in [0.29, 0.717) is 23.7 Å². The number of hydrogen-bond acceptors (Lipinski definition) is 5. The number of oxime groups is 1. The molecule has 98 valence electrons. The van der Waals surface area contributed by atoms with E-state index in [1.165, 1.54) is 7.11 Å². The predicted octanol–water partition coefficient (Wildman–Crippen LogP) is 1.55. The fourth-order valence-corrected chi connectivity index (χ4v) is 1.44. The first-order chi connectivity index (χ1) is 8.62. The largest absolute Gasteiger partial charge is 0.493 e. The molecule has 0 amide bonds. The third kappa shape index (κ3) is 3.38. The monoisotopic (exact) mass is 253 g/mol. The van der Waals surface area contributed by atoms with E-state index in [-0.39, 0.29) is 12.1 Å². The molecule has 0 aliphatic carbocycles. The van der Waals surface area contributed by atoms with Crippen molar-refractivity contribution in [2.45, 2.75) is 13.3 Å². The minimum Gasteiger partial charge on any atom is -0.493 e. The molecule has 0 saturated carbocycles. The van der Waals surface area contributed by atoms with Crippen molar-refractivity contribution in [2.75, 3.05) is 13.7 Å². The Bertz CT molecular complexity index is 456. The van der Waals surface area contributed by atoms with Crippen LogP contribution in [0.5, 0.6) is 11.5 Å². The minimum atomic E-state index is -1.26. The number of methoxy groups -OCH3 is 1. The molecule has 0 aliphatic rings. The maximum absolute atomic E-state index is 10.7. The molecule has 6 heteroatoms. The highest BCUT2D eigenvalue weighted by Crippen LogP contribution is 2.28. The minimum absolute atomic E-state index is 0.00853. The highest BCUT2D eigenvalue weighted by Gasteiger charge is 2.13. The number of carbonyl (C=O) groups is 1. The van der Waals surface area contributed by atoms with Gasteiger partial charge in [-0.15, -0.1) is 0 Å². The Kier molecular flexibility index (Phi) is 4.98. The molecule has 0 aromatic heterocycles. The molecule has 0 unspecified atom stereocenters. The van der Waals surface area contributed by atoms with Crippen LogP contribution in [-0.2, 0) is 11.2 Å². The van der Waals surface area contributed by atoms with Gasteiger partial charge >= 0.3 is 5.97 Å². The summed E-state index contributed by atoms with van der Waals surface area (Å²) in [7, 11) is 1.50. The van der Waals surface area contributed by atoms with Gasteiger partial charge < -0.3 is 19.8 Å². The van der Waals surface area contributed by atoms with Crippen molar-refractivity contribution in [2.24, 2.45) is 5.16 Å². The van der Waals surface area contributed by atoms with Crippen LogP contribution in [0.15, 0.2) is 23.4 Å². The third-order valence-electron chi connectivity index (χ3n) is 2.27. The van der Waals surface area contributed by atoms with Gasteiger partial charge in [0.1, 0.15) is 0 Å². The molecule has 0 bridgehead atoms. The highest BCUT2D eigenvalue weighted by molar-refractivity contribution is 6.35. The number of rotatable bonds is 6. The lowest BCUT2D eigenvalue weighted by Crippen LogP contribution is -2.15. The Balaban J connectivity index is 2.95. The van der Waals surface area contributed by atoms with Crippen molar-refractivity contribution >= 4 is 11.7 Å². The Morgan fingerprint density at radius 2 is 2.11 bits per heavy atom. The average Bonchev–Trinajstić information content (AvgIpc) is 2.37. The molecule has 2 N–H and O–H groups in total. The standard InChI is InChI=1S/C12H15NO5/c1-3-18-10-5-4-8(7-11(10)17-2)6-9(13-16)12(14)15/h4-5,7,16H,3,6H2,1-2H3,(H,14,15). The molecule has 0 fully saturated rings. The van der Waals surface area contributed by atoms with E-state index < -0.39 is 5.97 Å². The zero-order chi connectivity index (χ0) is 13.5. The number of carboxylic acids is 1. The lowest BCUT2D eigenvalue weighted by molar-refractivity contribution is -0.129. The van der Waals surface area contributed by atoms with Crippen molar-refractivity contribution < 1.29 is 24.6 Å². The van der Waals surface area contributed by atoms with Gasteiger partial charge in [-0.3, -0.25) is 0 Å². The molecule has 18 heavy (non-hydrogen) atoms. The summed E-state index contributed by atoms with van der Waals surface area (Å²) in [6.45, 7) is 2.36. The number of benzene rings is 1. The first-order valence-corrected chi connectivity index (χ1v) is 5.36. The van der Waals surface area contributed by atoms with Crippen molar-refractivity contribution in [3.8, 4) is 11.5 Å². The normalized spacial score (nSPS) is 11.1. The van der Waals surface area contributed by atoms with E-state index in [2.05, 4.69) is 5.16 Å². The fourth-order valence-electron chi connectivity index (χ4n) is 1.44. The lowest BCUT2D eigenvalue weighted by atomic mass is 10.1. The first-order valence-electron chi connectivity index (χ1n) is 5.36. The number of hydrogen-bond donors (Lipinski definition) is 2. The number of ether oxygens (including phenoxy) is 2. The zero-order valence-corrected chi connectivity index (χ0v) is 10.2. The van der Waals surface area contributed by atoms with Crippen LogP contribution in [0.2, 0.25) is 0 Å². The molecule has 1 aromatic rings. The van der Waals surface area contributed by atoms with Crippen molar-refractivity contribution in [3.63, 3.8) is 0 Å². The molecule has 1 aromatic carbocycles. The van der Waals surface area contributed by atoms with Crippen LogP contribution in [0.25, 0.3) is 0 Å². The summed E-state index contributed by atoms with van der Waals surface area (Å²) < 4.78 is 10.5. The van der Waals surface area contributed by atoms with Gasteiger partial charge in [0.2, 0.25) is 0 Å². The Labute approximate surface area is 104 Å². The van der Waals surface area contributed by atoms with Crippen LogP contribution in [0.4, 0.5) is 0 Å². The Morgan fingerprint density at radius 3 is 2.61 bits per heavy atom. The first kappa shape index (κ1) is 13.8. The SMILES string of the molecule is CCOc1ccc(CC(=NO)C(=O)O)cc1OC. The number of aliphatic carboxylic acids is 1. The van der Waals surface area contributed by atoms with E-state index in [4.69, 9.17) is 19.8 Å². The van der Waals surface area contributed by atoms with Gasteiger partial charge in [0.25, 0.3) is 0 Å². The molecule has 0 heterocycles. The van der Waals surface area contributed by atoms with Crippen molar-refractivity contribution in [1.29, 1.82) is 0 Å². The van der Waals surface area contributed by atoms with Crippen LogP contribution >= 0.6 is 0 Å². The summed E-state index contributed by atoms with van der Waals surface area (Å²) in [5.41, 5.74) is 0.326. The van der Waals surface area contributed by atoms with Crippen LogP contribution < -0.4 is 9.47 Å². The zero-order valence-electron chi connectivity index (χ0n) is 10.2. The summed E-state index contributed by atoms with van der Waals surface area (Å²) in [5, 5.41) is 20.1. The summed E-state index contributed by atoms with van der Waals surface area (Å²) in [5.74, 6) is -0.163. The molecule has 0 spiro atoms. The summed E-state index contributed by atoms with van der Waals surface area (Å²) in [6, 6.07) is 5.04. The third-order valence-corrected chi connectivity index (χ3v) is 2.27. The highest BCUT2D eigenvalue weighted by atomic mass is 16.5. The van der Waals surface area contributed by atoms with Gasteiger partial charge in [0.05, 0.1) is 13.7 Å². The van der Waals surface area contributed by atoms with E-state index >= 15 is 0 Å². The van der Waals surface area contributed by atoms with Gasteiger partial charge in [-0.25, -0.2) is 4.79 Å². The van der Waals surface area contributed by atoms with Gasteiger partial charge in [0.15, 0.2) is 17.2 Å². The maximum Gasteiger partial charge on any atom is 0.354 e. The van der Waals surface area contributed by atoms with E-state index in [0.717, 1.165) is 0 Å². The molecule has 6 nitrogen and oxygen atoms in total. The quantitative estimate of drug-likeness (QED) is 0.456. The number of carboxylic acid groups (broad SMARTS) is 1. The summed E-state index contributed by atoms with van der Waals surface area (Å²) in [4.78, 5) is 10.7. The Morgan fingerprint density at radius 1 is 1.39 bits per heavy atom. The molecule has 0 radical (unpaired) electrons. The molecule has 1 rings (SSSR count). The Hall–Kier alpha value is -2.24. The van der Waals surface area contributed by atoms with Gasteiger partial charge in [-0.2, -0.15) is 0 Å². The molecular formula is C12H15NO5. The van der Waals surface area contributed by atoms with Crippen LogP contribution in [-0.4, -0.2) is 35.7 Å². The van der Waals surface area contributed by atoms with Crippen molar-refractivity contribution in [3.05, 3.63) is 23.8 Å². The van der Waals surface area contributed by atoms with Crippen LogP contribution in [0.1, 0.15) is 12.5 Å². The summed E-state index contributed by atoms with van der Waals surface area (Å²) in [6.07, 6.45) is 0.00853. The maximum atomic E-state index is 10.7. The number of nitrogens with zero attached hydrogens (tertiary/aromatic N) is 1. The van der Waals surface area contributed by atoms with E-state index in [1.807, 2.05) is 6.92 Å². The topological polar surface area (TPSA) is 88.4 Å². The van der Waals surface area contributed by atoms with Crippen molar-refractivity contribution in [1.82, 2.24) is 0 Å². The van der Waals surface area contributed by atoms with Gasteiger partial charge in [-0.1, -0.05) is 11.2 Å². The van der Waals surface area contributed by atoms with Crippen LogP contribution in [0.3, 0.4) is 0 Å². The summed E-state index contributed by atoms with van der Waals surface area (Å²) >= 11 is 0. The van der Waals surface area contributed by atoms with E-state index in [9.17, 15) is 4.79 Å². The molecular weight excluding hydrogens is 238 g/mol. The smallest absolute Gasteiger partial charge is 0.354 e. The van der Waals surface area contributed by atoms with E-state index in [1.54, 1.807) is 18.2 Å². The van der Waals surface area contributed by atoms with Gasteiger partial charge in [-0.05, 0) is 24.6 Å². The lowest BCUT2D eigenvalue weighted by Gasteiger charge is -2.10. The predicted molar refractivity (Wildman–Crippen MR) is 64.7 cm³/mol. The fraction of sp³-hybridized carbons (Fsp3) is 0.333. The average molecular weight is 253 g/mol. The van der Waals surface area contributed by atoms with Gasteiger partial charge in [0, 0.05) is 6.42 Å².